The van der Waals surface area contributed by atoms with Crippen LogP contribution in [0, 0.1) is 0 Å². The summed E-state index contributed by atoms with van der Waals surface area (Å²) in [5.41, 5.74) is 1.15. The van der Waals surface area contributed by atoms with Gasteiger partial charge in [0.15, 0.2) is 12.2 Å². The molecule has 0 aliphatic rings. The van der Waals surface area contributed by atoms with Gasteiger partial charge in [0.1, 0.15) is 6.61 Å². The van der Waals surface area contributed by atoms with Crippen LogP contribution in [-0.2, 0) is 30.4 Å². The molecular formula is C20H20O6. The molecule has 6 nitrogen and oxygen atoms in total. The first-order valence-electron chi connectivity index (χ1n) is 8.14. The quantitative estimate of drug-likeness (QED) is 0.561. The van der Waals surface area contributed by atoms with Gasteiger partial charge in [-0.05, 0) is 31.5 Å². The highest BCUT2D eigenvalue weighted by Gasteiger charge is 2.25. The lowest BCUT2D eigenvalue weighted by atomic mass is 10.2. The van der Waals surface area contributed by atoms with Gasteiger partial charge in [-0.2, -0.15) is 0 Å². The molecule has 0 unspecified atom stereocenters. The molecular weight excluding hydrogens is 336 g/mol. The fraction of sp³-hybridized carbons (Fsp3) is 0.250. The molecule has 2 rings (SSSR count). The largest absolute Gasteiger partial charge is 0.458 e. The Morgan fingerprint density at radius 3 is 1.92 bits per heavy atom. The van der Waals surface area contributed by atoms with Crippen molar-refractivity contribution in [2.75, 3.05) is 0 Å². The molecule has 2 atom stereocenters. The standard InChI is InChI=1S/C20H20O6/c1-14(18(21)24-13-16-9-5-3-6-10-16)25-19(22)15(2)26-20(23)17-11-7-4-8-12-17/h3-12,14-15H,13H2,1-2H3/t14-,15-/m1/s1. The van der Waals surface area contributed by atoms with Crippen LogP contribution < -0.4 is 0 Å². The molecule has 26 heavy (non-hydrogen) atoms. The van der Waals surface area contributed by atoms with Crippen molar-refractivity contribution in [3.63, 3.8) is 0 Å². The lowest BCUT2D eigenvalue weighted by Gasteiger charge is -2.16. The number of rotatable bonds is 7. The third kappa shape index (κ3) is 5.73. The van der Waals surface area contributed by atoms with E-state index in [2.05, 4.69) is 0 Å². The highest BCUT2D eigenvalue weighted by molar-refractivity contribution is 5.91. The van der Waals surface area contributed by atoms with Crippen LogP contribution in [0.5, 0.6) is 0 Å². The van der Waals surface area contributed by atoms with Crippen LogP contribution in [0.1, 0.15) is 29.8 Å². The number of hydrogen-bond donors (Lipinski definition) is 0. The fourth-order valence-electron chi connectivity index (χ4n) is 2.02. The van der Waals surface area contributed by atoms with Crippen LogP contribution >= 0.6 is 0 Å². The summed E-state index contributed by atoms with van der Waals surface area (Å²) in [7, 11) is 0. The predicted molar refractivity (Wildman–Crippen MR) is 93.1 cm³/mol. The molecule has 0 bridgehead atoms. The van der Waals surface area contributed by atoms with E-state index >= 15 is 0 Å². The summed E-state index contributed by atoms with van der Waals surface area (Å²) in [6, 6.07) is 17.4. The van der Waals surface area contributed by atoms with Crippen LogP contribution in [-0.4, -0.2) is 30.1 Å². The van der Waals surface area contributed by atoms with E-state index in [1.54, 1.807) is 30.3 Å². The molecule has 2 aromatic rings. The molecule has 0 radical (unpaired) electrons. The van der Waals surface area contributed by atoms with Crippen molar-refractivity contribution in [3.05, 3.63) is 71.8 Å². The zero-order chi connectivity index (χ0) is 18.9. The normalized spacial score (nSPS) is 12.5. The molecule has 0 saturated heterocycles. The first kappa shape index (κ1) is 19.2. The number of carbonyl (C=O) groups is 3. The molecule has 0 amide bonds. The summed E-state index contributed by atoms with van der Waals surface area (Å²) in [6.07, 6.45) is -2.25. The molecule has 2 aromatic carbocycles. The molecule has 0 aliphatic heterocycles. The molecule has 0 spiro atoms. The number of esters is 3. The predicted octanol–water partition coefficient (Wildman–Crippen LogP) is 2.91. The zero-order valence-electron chi connectivity index (χ0n) is 14.6. The van der Waals surface area contributed by atoms with Gasteiger partial charge in [0.2, 0.25) is 0 Å². The van der Waals surface area contributed by atoms with Gasteiger partial charge in [0.25, 0.3) is 0 Å². The number of carbonyl (C=O) groups excluding carboxylic acids is 3. The summed E-state index contributed by atoms with van der Waals surface area (Å²) in [5.74, 6) is -2.14. The molecule has 0 aromatic heterocycles. The van der Waals surface area contributed by atoms with E-state index < -0.39 is 30.1 Å². The Hall–Kier alpha value is -3.15. The van der Waals surface area contributed by atoms with Crippen molar-refractivity contribution in [1.82, 2.24) is 0 Å². The summed E-state index contributed by atoms with van der Waals surface area (Å²) >= 11 is 0. The van der Waals surface area contributed by atoms with Crippen LogP contribution in [0.15, 0.2) is 60.7 Å². The van der Waals surface area contributed by atoms with Crippen LogP contribution in [0.4, 0.5) is 0 Å². The zero-order valence-corrected chi connectivity index (χ0v) is 14.6. The first-order valence-corrected chi connectivity index (χ1v) is 8.14. The van der Waals surface area contributed by atoms with Crippen LogP contribution in [0.3, 0.4) is 0 Å². The summed E-state index contributed by atoms with van der Waals surface area (Å²) in [4.78, 5) is 35.8. The number of ether oxygens (including phenoxy) is 3. The lowest BCUT2D eigenvalue weighted by Crippen LogP contribution is -2.33. The van der Waals surface area contributed by atoms with Crippen molar-refractivity contribution in [3.8, 4) is 0 Å². The SMILES string of the molecule is C[C@@H](OC(=O)c1ccccc1)C(=O)O[C@H](C)C(=O)OCc1ccccc1. The minimum atomic E-state index is -1.15. The molecule has 6 heteroatoms. The summed E-state index contributed by atoms with van der Waals surface area (Å²) < 4.78 is 15.1. The second-order valence-corrected chi connectivity index (χ2v) is 5.59. The molecule has 0 heterocycles. The third-order valence-electron chi connectivity index (χ3n) is 3.47. The van der Waals surface area contributed by atoms with Gasteiger partial charge in [-0.15, -0.1) is 0 Å². The van der Waals surface area contributed by atoms with E-state index in [9.17, 15) is 14.4 Å². The molecule has 0 fully saturated rings. The van der Waals surface area contributed by atoms with E-state index in [1.165, 1.54) is 13.8 Å². The van der Waals surface area contributed by atoms with Crippen molar-refractivity contribution < 1.29 is 28.6 Å². The smallest absolute Gasteiger partial charge is 0.348 e. The second-order valence-electron chi connectivity index (χ2n) is 5.59. The fourth-order valence-corrected chi connectivity index (χ4v) is 2.02. The van der Waals surface area contributed by atoms with Crippen LogP contribution in [0.2, 0.25) is 0 Å². The topological polar surface area (TPSA) is 78.9 Å². The summed E-state index contributed by atoms with van der Waals surface area (Å²) in [6.45, 7) is 2.86. The Morgan fingerprint density at radius 2 is 1.31 bits per heavy atom. The first-order chi connectivity index (χ1) is 12.5. The molecule has 136 valence electrons. The number of hydrogen-bond acceptors (Lipinski definition) is 6. The maximum absolute atomic E-state index is 12.0. The van der Waals surface area contributed by atoms with Gasteiger partial charge in [-0.1, -0.05) is 48.5 Å². The number of benzene rings is 2. The van der Waals surface area contributed by atoms with E-state index in [4.69, 9.17) is 14.2 Å². The van der Waals surface area contributed by atoms with Gasteiger partial charge < -0.3 is 14.2 Å². The van der Waals surface area contributed by atoms with Gasteiger partial charge in [0.05, 0.1) is 5.56 Å². The van der Waals surface area contributed by atoms with Crippen molar-refractivity contribution in [2.24, 2.45) is 0 Å². The monoisotopic (exact) mass is 356 g/mol. The lowest BCUT2D eigenvalue weighted by molar-refractivity contribution is -0.172. The molecule has 0 saturated carbocycles. The summed E-state index contributed by atoms with van der Waals surface area (Å²) in [5, 5.41) is 0. The Bertz CT molecular complexity index is 741. The third-order valence-corrected chi connectivity index (χ3v) is 3.47. The van der Waals surface area contributed by atoms with Crippen molar-refractivity contribution >= 4 is 17.9 Å². The van der Waals surface area contributed by atoms with Crippen molar-refractivity contribution in [1.29, 1.82) is 0 Å². The molecule has 0 aliphatic carbocycles. The Labute approximate surface area is 151 Å². The van der Waals surface area contributed by atoms with Gasteiger partial charge in [-0.3, -0.25) is 0 Å². The van der Waals surface area contributed by atoms with Gasteiger partial charge in [-0.25, -0.2) is 14.4 Å². The van der Waals surface area contributed by atoms with E-state index in [1.807, 2.05) is 30.3 Å². The maximum Gasteiger partial charge on any atom is 0.348 e. The minimum Gasteiger partial charge on any atom is -0.458 e. The highest BCUT2D eigenvalue weighted by atomic mass is 16.6. The Kier molecular flexibility index (Phi) is 6.91. The average Bonchev–Trinajstić information content (AvgIpc) is 2.67. The Balaban J connectivity index is 1.79. The average molecular weight is 356 g/mol. The van der Waals surface area contributed by atoms with Crippen molar-refractivity contribution in [2.45, 2.75) is 32.7 Å². The van der Waals surface area contributed by atoms with E-state index in [0.717, 1.165) is 5.56 Å². The Morgan fingerprint density at radius 1 is 0.769 bits per heavy atom. The second kappa shape index (κ2) is 9.36. The van der Waals surface area contributed by atoms with Gasteiger partial charge in [0, 0.05) is 0 Å². The minimum absolute atomic E-state index is 0.0834. The highest BCUT2D eigenvalue weighted by Crippen LogP contribution is 2.08. The van der Waals surface area contributed by atoms with E-state index in [-0.39, 0.29) is 6.61 Å². The van der Waals surface area contributed by atoms with E-state index in [0.29, 0.717) is 5.56 Å². The van der Waals surface area contributed by atoms with Crippen LogP contribution in [0.25, 0.3) is 0 Å². The maximum atomic E-state index is 12.0. The molecule has 0 N–H and O–H groups in total. The van der Waals surface area contributed by atoms with Gasteiger partial charge >= 0.3 is 17.9 Å².